The Morgan fingerprint density at radius 1 is 1.18 bits per heavy atom. The number of carbonyl (C=O) groups excluding carboxylic acids is 2. The molecule has 2 fully saturated rings. The number of benzene rings is 1. The lowest BCUT2D eigenvalue weighted by Gasteiger charge is -2.42. The molecule has 40 heavy (non-hydrogen) atoms. The van der Waals surface area contributed by atoms with E-state index in [4.69, 9.17) is 9.47 Å². The Labute approximate surface area is 238 Å². The van der Waals surface area contributed by atoms with Crippen molar-refractivity contribution in [3.05, 3.63) is 42.1 Å². The average molecular weight is 555 g/mol. The lowest BCUT2D eigenvalue weighted by Crippen LogP contribution is -2.57. The van der Waals surface area contributed by atoms with E-state index in [1.54, 1.807) is 10.8 Å². The first kappa shape index (κ1) is 30.0. The van der Waals surface area contributed by atoms with E-state index in [1.165, 1.54) is 12.8 Å². The molecule has 0 unspecified atom stereocenters. The van der Waals surface area contributed by atoms with E-state index in [0.29, 0.717) is 18.9 Å². The highest BCUT2D eigenvalue weighted by molar-refractivity contribution is 5.84. The molecule has 2 aliphatic heterocycles. The highest BCUT2D eigenvalue weighted by Crippen LogP contribution is 2.22. The summed E-state index contributed by atoms with van der Waals surface area (Å²) in [6, 6.07) is 4.50. The Morgan fingerprint density at radius 3 is 2.52 bits per heavy atom. The van der Waals surface area contributed by atoms with Crippen LogP contribution in [-0.2, 0) is 27.4 Å². The molecule has 0 bridgehead atoms. The van der Waals surface area contributed by atoms with Gasteiger partial charge in [0.25, 0.3) is 0 Å². The molecule has 2 aliphatic rings. The fraction of sp³-hybridized carbons (Fsp3) is 0.633. The molecule has 10 nitrogen and oxygen atoms in total. The number of ether oxygens (including phenoxy) is 2. The molecule has 1 N–H and O–H groups in total. The maximum Gasteiger partial charge on any atom is 0.510 e. The summed E-state index contributed by atoms with van der Waals surface area (Å²) in [4.78, 5) is 32.6. The first-order valence-electron chi connectivity index (χ1n) is 14.4. The molecule has 1 aromatic carbocycles. The van der Waals surface area contributed by atoms with Gasteiger partial charge in [-0.05, 0) is 84.4 Å². The number of hydrogen-bond donors (Lipinski definition) is 1. The minimum absolute atomic E-state index is 0.0480. The first-order valence-corrected chi connectivity index (χ1v) is 14.4. The van der Waals surface area contributed by atoms with Crippen molar-refractivity contribution in [2.45, 2.75) is 70.9 Å². The number of likely N-dealkylation sites (N-methyl/N-ethyl adjacent to an activating group) is 1. The van der Waals surface area contributed by atoms with Crippen molar-refractivity contribution in [1.82, 2.24) is 29.8 Å². The summed E-state index contributed by atoms with van der Waals surface area (Å²) in [5, 5.41) is 8.77. The van der Waals surface area contributed by atoms with E-state index in [-0.39, 0.29) is 18.7 Å². The third kappa shape index (κ3) is 7.62. The maximum atomic E-state index is 13.5. The van der Waals surface area contributed by atoms with E-state index >= 15 is 0 Å². The Kier molecular flexibility index (Phi) is 9.86. The summed E-state index contributed by atoms with van der Waals surface area (Å²) in [6.45, 7) is 15.0. The summed E-state index contributed by atoms with van der Waals surface area (Å²) >= 11 is 0. The Balaban J connectivity index is 1.33. The van der Waals surface area contributed by atoms with Crippen molar-refractivity contribution in [3.63, 3.8) is 0 Å². The number of nitrogens with zero attached hydrogens (tertiary/aromatic N) is 5. The fourth-order valence-electron chi connectivity index (χ4n) is 5.82. The molecular formula is C30H46N6O4. The van der Waals surface area contributed by atoms with Gasteiger partial charge in [0.2, 0.25) is 5.91 Å². The average Bonchev–Trinajstić information content (AvgIpc) is 3.34. The van der Waals surface area contributed by atoms with E-state index < -0.39 is 11.8 Å². The molecule has 3 heterocycles. The van der Waals surface area contributed by atoms with Crippen LogP contribution in [0.1, 0.15) is 44.2 Å². The van der Waals surface area contributed by atoms with Gasteiger partial charge in [-0.15, -0.1) is 6.58 Å². The summed E-state index contributed by atoms with van der Waals surface area (Å²) in [5.74, 6) is 0.158. The zero-order valence-corrected chi connectivity index (χ0v) is 24.8. The van der Waals surface area contributed by atoms with E-state index in [2.05, 4.69) is 46.0 Å². The van der Waals surface area contributed by atoms with Crippen LogP contribution in [0.2, 0.25) is 0 Å². The van der Waals surface area contributed by atoms with E-state index in [0.717, 1.165) is 61.3 Å². The SMILES string of the molecule is C=CCC(C)(C)OC(=O)OCn1cc2cc(C[C@@H](NC)C(=O)N3CCN(C4CCN(C)CC4)CC3)cc(C)c2n1. The van der Waals surface area contributed by atoms with Crippen LogP contribution in [0.3, 0.4) is 0 Å². The highest BCUT2D eigenvalue weighted by Gasteiger charge is 2.30. The van der Waals surface area contributed by atoms with Gasteiger partial charge in [0.15, 0.2) is 6.73 Å². The largest absolute Gasteiger partial charge is 0.510 e. The highest BCUT2D eigenvalue weighted by atomic mass is 16.7. The number of aromatic nitrogens is 2. The molecule has 0 aliphatic carbocycles. The smallest absolute Gasteiger partial charge is 0.428 e. The first-order chi connectivity index (χ1) is 19.1. The van der Waals surface area contributed by atoms with Crippen LogP contribution in [0, 0.1) is 6.92 Å². The molecule has 0 spiro atoms. The number of likely N-dealkylation sites (tertiary alicyclic amines) is 1. The van der Waals surface area contributed by atoms with Crippen LogP contribution in [0.4, 0.5) is 4.79 Å². The van der Waals surface area contributed by atoms with Gasteiger partial charge in [0, 0.05) is 50.2 Å². The standard InChI is InChI=1S/C30H46N6O4/c1-7-10-30(3,4)40-29(38)39-21-36-20-24-18-23(17-22(2)27(24)32-36)19-26(31-5)28(37)35-15-13-34(14-16-35)25-8-11-33(6)12-9-25/h7,17-18,20,25-26,31H,1,8-16,19,21H2,2-6H3/t26-/m1/s1. The lowest BCUT2D eigenvalue weighted by atomic mass is 10.00. The molecule has 0 saturated carbocycles. The molecule has 2 saturated heterocycles. The van der Waals surface area contributed by atoms with Crippen LogP contribution in [0.15, 0.2) is 31.0 Å². The molecule has 220 valence electrons. The zero-order chi connectivity index (χ0) is 28.9. The number of hydrogen-bond acceptors (Lipinski definition) is 8. The molecule has 1 atom stereocenters. The van der Waals surface area contributed by atoms with Crippen molar-refractivity contribution >= 4 is 23.0 Å². The second kappa shape index (κ2) is 13.1. The van der Waals surface area contributed by atoms with E-state index in [9.17, 15) is 9.59 Å². The molecule has 1 amide bonds. The predicted molar refractivity (Wildman–Crippen MR) is 156 cm³/mol. The summed E-state index contributed by atoms with van der Waals surface area (Å²) in [7, 11) is 4.05. The van der Waals surface area contributed by atoms with Gasteiger partial charge >= 0.3 is 6.16 Å². The number of piperazine rings is 1. The van der Waals surface area contributed by atoms with Crippen LogP contribution >= 0.6 is 0 Å². The van der Waals surface area contributed by atoms with Gasteiger partial charge in [0.1, 0.15) is 5.60 Å². The van der Waals surface area contributed by atoms with Crippen molar-refractivity contribution < 1.29 is 19.1 Å². The van der Waals surface area contributed by atoms with Gasteiger partial charge in [-0.2, -0.15) is 5.10 Å². The fourth-order valence-corrected chi connectivity index (χ4v) is 5.82. The van der Waals surface area contributed by atoms with Crippen LogP contribution < -0.4 is 5.32 Å². The number of aryl methyl sites for hydroxylation is 1. The molecular weight excluding hydrogens is 508 g/mol. The molecule has 1 aromatic heterocycles. The Hall–Kier alpha value is -2.95. The van der Waals surface area contributed by atoms with Crippen molar-refractivity contribution in [2.75, 3.05) is 53.4 Å². The van der Waals surface area contributed by atoms with Crippen molar-refractivity contribution in [3.8, 4) is 0 Å². The second-order valence-corrected chi connectivity index (χ2v) is 11.8. The van der Waals surface area contributed by atoms with Gasteiger partial charge in [0.05, 0.1) is 11.6 Å². The number of nitrogens with one attached hydrogen (secondary N) is 1. The number of piperidine rings is 1. The minimum Gasteiger partial charge on any atom is -0.428 e. The van der Waals surface area contributed by atoms with Gasteiger partial charge in [-0.3, -0.25) is 9.69 Å². The van der Waals surface area contributed by atoms with Crippen LogP contribution in [-0.4, -0.2) is 108 Å². The van der Waals surface area contributed by atoms with Crippen molar-refractivity contribution in [2.24, 2.45) is 0 Å². The molecule has 10 heteroatoms. The lowest BCUT2D eigenvalue weighted by molar-refractivity contribution is -0.135. The molecule has 2 aromatic rings. The topological polar surface area (TPSA) is 92.2 Å². The van der Waals surface area contributed by atoms with Gasteiger partial charge in [-0.1, -0.05) is 12.1 Å². The monoisotopic (exact) mass is 554 g/mol. The number of fused-ring (bicyclic) bond motifs is 1. The number of rotatable bonds is 10. The normalized spacial score (nSPS) is 18.6. The minimum atomic E-state index is -0.744. The number of amides is 1. The molecule has 4 rings (SSSR count). The van der Waals surface area contributed by atoms with Crippen LogP contribution in [0.25, 0.3) is 10.9 Å². The predicted octanol–water partition coefficient (Wildman–Crippen LogP) is 3.18. The Bertz CT molecular complexity index is 1180. The summed E-state index contributed by atoms with van der Waals surface area (Å²) < 4.78 is 12.2. The quantitative estimate of drug-likeness (QED) is 0.354. The van der Waals surface area contributed by atoms with Crippen LogP contribution in [0.5, 0.6) is 0 Å². The third-order valence-electron chi connectivity index (χ3n) is 8.13. The van der Waals surface area contributed by atoms with Crippen molar-refractivity contribution in [1.29, 1.82) is 0 Å². The third-order valence-corrected chi connectivity index (χ3v) is 8.13. The second-order valence-electron chi connectivity index (χ2n) is 11.8. The van der Waals surface area contributed by atoms with Gasteiger partial charge in [-0.25, -0.2) is 9.48 Å². The summed E-state index contributed by atoms with van der Waals surface area (Å²) in [6.07, 6.45) is 6.36. The van der Waals surface area contributed by atoms with E-state index in [1.807, 2.05) is 38.9 Å². The van der Waals surface area contributed by atoms with Gasteiger partial charge < -0.3 is 24.6 Å². The number of carbonyl (C=O) groups is 2. The summed E-state index contributed by atoms with van der Waals surface area (Å²) in [5.41, 5.74) is 2.23. The Morgan fingerprint density at radius 2 is 1.88 bits per heavy atom. The zero-order valence-electron chi connectivity index (χ0n) is 24.8. The molecule has 0 radical (unpaired) electrons. The maximum absolute atomic E-state index is 13.5.